The summed E-state index contributed by atoms with van der Waals surface area (Å²) in [4.78, 5) is 59.1. The Kier molecular flexibility index (Phi) is 9.20. The first-order chi connectivity index (χ1) is 17.6. The summed E-state index contributed by atoms with van der Waals surface area (Å²) in [6.07, 6.45) is 2.63. The highest BCUT2D eigenvalue weighted by atomic mass is 16.4. The van der Waals surface area contributed by atoms with Crippen molar-refractivity contribution in [2.45, 2.75) is 62.9 Å². The lowest BCUT2D eigenvalue weighted by Crippen LogP contribution is -2.58. The van der Waals surface area contributed by atoms with E-state index in [0.29, 0.717) is 24.1 Å². The lowest BCUT2D eigenvalue weighted by molar-refractivity contribution is -0.145. The van der Waals surface area contributed by atoms with Crippen molar-refractivity contribution >= 4 is 23.7 Å². The van der Waals surface area contributed by atoms with Crippen LogP contribution in [0.3, 0.4) is 0 Å². The Bertz CT molecular complexity index is 1090. The molecule has 5 unspecified atom stereocenters. The summed E-state index contributed by atoms with van der Waals surface area (Å²) in [6, 6.07) is 1.42. The van der Waals surface area contributed by atoms with E-state index < -0.39 is 54.0 Å². The van der Waals surface area contributed by atoms with Gasteiger partial charge in [-0.2, -0.15) is 0 Å². The van der Waals surface area contributed by atoms with Gasteiger partial charge in [0.2, 0.25) is 17.7 Å². The van der Waals surface area contributed by atoms with Crippen molar-refractivity contribution in [2.75, 3.05) is 6.54 Å². The second kappa shape index (κ2) is 12.3. The highest BCUT2D eigenvalue weighted by Crippen LogP contribution is 2.20. The summed E-state index contributed by atoms with van der Waals surface area (Å²) >= 11 is 0. The minimum Gasteiger partial charge on any atom is -0.508 e. The molecule has 1 aliphatic heterocycles. The van der Waals surface area contributed by atoms with E-state index in [1.54, 1.807) is 12.1 Å². The number of phenols is 1. The summed E-state index contributed by atoms with van der Waals surface area (Å²) in [7, 11) is 0. The van der Waals surface area contributed by atoms with E-state index >= 15 is 0 Å². The number of nitrogens with one attached hydrogen (secondary N) is 3. The topological polar surface area (TPSA) is 211 Å². The van der Waals surface area contributed by atoms with E-state index in [9.17, 15) is 34.5 Å². The minimum absolute atomic E-state index is 0.0161. The van der Waals surface area contributed by atoms with Gasteiger partial charge in [0.25, 0.3) is 0 Å². The number of carboxylic acids is 1. The summed E-state index contributed by atoms with van der Waals surface area (Å²) in [5.74, 6) is -3.10. The van der Waals surface area contributed by atoms with Crippen LogP contribution in [0.5, 0.6) is 5.75 Å². The van der Waals surface area contributed by atoms with Crippen molar-refractivity contribution in [1.82, 2.24) is 25.5 Å². The summed E-state index contributed by atoms with van der Waals surface area (Å²) in [5, 5.41) is 33.8. The fourth-order valence-corrected chi connectivity index (χ4v) is 4.14. The third kappa shape index (κ3) is 7.27. The van der Waals surface area contributed by atoms with E-state index in [2.05, 4.69) is 20.6 Å². The van der Waals surface area contributed by atoms with Crippen LogP contribution in [0.1, 0.15) is 31.0 Å². The summed E-state index contributed by atoms with van der Waals surface area (Å²) < 4.78 is 0. The number of imidazole rings is 1. The number of aromatic nitrogens is 2. The number of H-pyrrole nitrogens is 1. The number of rotatable bonds is 11. The maximum atomic E-state index is 13.5. The van der Waals surface area contributed by atoms with Gasteiger partial charge >= 0.3 is 5.97 Å². The lowest BCUT2D eigenvalue weighted by Gasteiger charge is -2.30. The predicted octanol–water partition coefficient (Wildman–Crippen LogP) is -1.35. The number of hydrogen-bond acceptors (Lipinski definition) is 8. The number of likely N-dealkylation sites (tertiary alicyclic amines) is 1. The molecule has 0 saturated carbocycles. The number of aromatic hydroxyl groups is 1. The van der Waals surface area contributed by atoms with Crippen molar-refractivity contribution in [1.29, 1.82) is 0 Å². The van der Waals surface area contributed by atoms with E-state index in [1.807, 2.05) is 0 Å². The maximum absolute atomic E-state index is 13.5. The number of aliphatic hydroxyl groups excluding tert-OH is 1. The number of nitrogens with zero attached hydrogens (tertiary/aromatic N) is 2. The van der Waals surface area contributed by atoms with E-state index in [-0.39, 0.29) is 25.1 Å². The quantitative estimate of drug-likeness (QED) is 0.188. The van der Waals surface area contributed by atoms with Crippen molar-refractivity contribution in [3.05, 3.63) is 48.0 Å². The molecule has 1 fully saturated rings. The minimum atomic E-state index is -1.26. The molecule has 1 aromatic carbocycles. The van der Waals surface area contributed by atoms with Crippen molar-refractivity contribution in [3.63, 3.8) is 0 Å². The molecule has 0 bridgehead atoms. The Morgan fingerprint density at radius 2 is 1.86 bits per heavy atom. The molecule has 3 amide bonds. The van der Waals surface area contributed by atoms with Gasteiger partial charge in [-0.05, 0) is 37.5 Å². The molecular formula is C24H32N6O7. The van der Waals surface area contributed by atoms with Crippen LogP contribution in [-0.4, -0.2) is 90.7 Å². The summed E-state index contributed by atoms with van der Waals surface area (Å²) in [5.41, 5.74) is 6.88. The van der Waals surface area contributed by atoms with E-state index in [1.165, 1.54) is 36.5 Å². The Balaban J connectivity index is 1.74. The van der Waals surface area contributed by atoms with Gasteiger partial charge in [0, 0.05) is 31.3 Å². The highest BCUT2D eigenvalue weighted by Gasteiger charge is 2.39. The Labute approximate surface area is 213 Å². The fraction of sp³-hybridized carbons (Fsp3) is 0.458. The van der Waals surface area contributed by atoms with Gasteiger partial charge in [0.15, 0.2) is 0 Å². The normalized spacial score (nSPS) is 18.5. The van der Waals surface area contributed by atoms with Crippen LogP contribution in [-0.2, 0) is 32.0 Å². The van der Waals surface area contributed by atoms with Gasteiger partial charge in [-0.25, -0.2) is 9.78 Å². The van der Waals surface area contributed by atoms with Gasteiger partial charge in [0.1, 0.15) is 29.9 Å². The predicted molar refractivity (Wildman–Crippen MR) is 130 cm³/mol. The first-order valence-corrected chi connectivity index (χ1v) is 11.9. The number of aromatic amines is 1. The van der Waals surface area contributed by atoms with Gasteiger partial charge < -0.3 is 41.6 Å². The number of benzene rings is 1. The molecule has 0 aliphatic carbocycles. The standard InChI is InChI=1S/C24H32N6O7/c1-13(31)20(25)22(34)28-17(10-15-11-26-12-27-15)23(35)30-8-2-3-19(30)21(33)29-18(24(36)37)9-14-4-6-16(32)7-5-14/h4-7,11-13,17-20,31-32H,2-3,8-10,25H2,1H3,(H,26,27)(H,28,34)(H,29,33)(H,36,37). The monoisotopic (exact) mass is 516 g/mol. The van der Waals surface area contributed by atoms with Crippen molar-refractivity contribution < 1.29 is 34.5 Å². The molecule has 13 nitrogen and oxygen atoms in total. The first-order valence-electron chi connectivity index (χ1n) is 11.9. The smallest absolute Gasteiger partial charge is 0.326 e. The molecule has 0 radical (unpaired) electrons. The van der Waals surface area contributed by atoms with Crippen molar-refractivity contribution in [3.8, 4) is 5.75 Å². The van der Waals surface area contributed by atoms with Crippen LogP contribution in [0.25, 0.3) is 0 Å². The number of carboxylic acid groups (broad SMARTS) is 1. The number of aliphatic hydroxyl groups is 1. The number of carbonyl (C=O) groups is 4. The average molecular weight is 517 g/mol. The van der Waals surface area contributed by atoms with E-state index in [0.717, 1.165) is 0 Å². The zero-order valence-electron chi connectivity index (χ0n) is 20.3. The Morgan fingerprint density at radius 1 is 1.16 bits per heavy atom. The molecule has 1 aliphatic rings. The molecule has 3 rings (SSSR count). The average Bonchev–Trinajstić information content (AvgIpc) is 3.55. The van der Waals surface area contributed by atoms with Crippen LogP contribution >= 0.6 is 0 Å². The molecule has 13 heteroatoms. The molecule has 2 aromatic rings. The molecule has 8 N–H and O–H groups in total. The largest absolute Gasteiger partial charge is 0.508 e. The maximum Gasteiger partial charge on any atom is 0.326 e. The Hall–Kier alpha value is -3.97. The molecule has 1 saturated heterocycles. The summed E-state index contributed by atoms with van der Waals surface area (Å²) in [6.45, 7) is 1.60. The van der Waals surface area contributed by atoms with Crippen LogP contribution < -0.4 is 16.4 Å². The number of amides is 3. The third-order valence-electron chi connectivity index (χ3n) is 6.25. The van der Waals surface area contributed by atoms with Crippen LogP contribution in [0.2, 0.25) is 0 Å². The Morgan fingerprint density at radius 3 is 2.46 bits per heavy atom. The third-order valence-corrected chi connectivity index (χ3v) is 6.25. The first kappa shape index (κ1) is 27.6. The van der Waals surface area contributed by atoms with Gasteiger partial charge in [-0.3, -0.25) is 14.4 Å². The SMILES string of the molecule is CC(O)C(N)C(=O)NC(Cc1cnc[nH]1)C(=O)N1CCCC1C(=O)NC(Cc1ccc(O)cc1)C(=O)O. The fourth-order valence-electron chi connectivity index (χ4n) is 4.14. The van der Waals surface area contributed by atoms with Gasteiger partial charge in [0.05, 0.1) is 12.4 Å². The number of hydrogen-bond donors (Lipinski definition) is 7. The number of carbonyl (C=O) groups excluding carboxylic acids is 3. The second-order valence-electron chi connectivity index (χ2n) is 9.07. The number of phenolic OH excluding ortho intramolecular Hbond substituents is 1. The molecule has 200 valence electrons. The second-order valence-corrected chi connectivity index (χ2v) is 9.07. The molecule has 2 heterocycles. The van der Waals surface area contributed by atoms with Crippen molar-refractivity contribution in [2.24, 2.45) is 5.73 Å². The molecule has 0 spiro atoms. The zero-order chi connectivity index (χ0) is 27.1. The van der Waals surface area contributed by atoms with Crippen LogP contribution in [0.4, 0.5) is 0 Å². The zero-order valence-corrected chi connectivity index (χ0v) is 20.3. The molecule has 37 heavy (non-hydrogen) atoms. The lowest BCUT2D eigenvalue weighted by atomic mass is 10.0. The van der Waals surface area contributed by atoms with Crippen LogP contribution in [0, 0.1) is 0 Å². The van der Waals surface area contributed by atoms with Gasteiger partial charge in [-0.1, -0.05) is 12.1 Å². The van der Waals surface area contributed by atoms with E-state index in [4.69, 9.17) is 5.73 Å². The molecule has 1 aromatic heterocycles. The number of aliphatic carboxylic acids is 1. The molecular weight excluding hydrogens is 484 g/mol. The molecule has 5 atom stereocenters. The van der Waals surface area contributed by atoms with Gasteiger partial charge in [-0.15, -0.1) is 0 Å². The number of nitrogens with two attached hydrogens (primary N) is 1. The van der Waals surface area contributed by atoms with Crippen LogP contribution in [0.15, 0.2) is 36.8 Å². The highest BCUT2D eigenvalue weighted by molar-refractivity contribution is 5.94.